The minimum Gasteiger partial charge on any atom is -0.467 e. The Kier molecular flexibility index (Phi) is 6.32. The van der Waals surface area contributed by atoms with Crippen molar-refractivity contribution in [3.63, 3.8) is 0 Å². The zero-order chi connectivity index (χ0) is 21.0. The monoisotopic (exact) mass is 395 g/mol. The average Bonchev–Trinajstić information content (AvgIpc) is 2.73. The maximum absolute atomic E-state index is 12.7. The molecule has 0 unspecified atom stereocenters. The number of benzene rings is 2. The van der Waals surface area contributed by atoms with E-state index in [1.54, 1.807) is 0 Å². The largest absolute Gasteiger partial charge is 0.467 e. The number of rotatable bonds is 5. The molecule has 152 valence electrons. The molecule has 0 bridgehead atoms. The van der Waals surface area contributed by atoms with Gasteiger partial charge in [0.25, 0.3) is 5.91 Å². The highest BCUT2D eigenvalue weighted by molar-refractivity contribution is 5.87. The summed E-state index contributed by atoms with van der Waals surface area (Å²) in [6, 6.07) is 12.7. The molecule has 1 aliphatic heterocycles. The van der Waals surface area contributed by atoms with Crippen LogP contribution in [0.25, 0.3) is 0 Å². The Hall–Kier alpha value is -3.15. The second kappa shape index (κ2) is 8.90. The minimum atomic E-state index is -0.721. The van der Waals surface area contributed by atoms with Crippen LogP contribution in [0.4, 0.5) is 0 Å². The molecule has 1 atom stereocenters. The molecule has 0 spiro atoms. The van der Waals surface area contributed by atoms with Gasteiger partial charge in [-0.1, -0.05) is 42.5 Å². The number of methoxy groups -OCH3 is 1. The van der Waals surface area contributed by atoms with E-state index in [0.717, 1.165) is 27.8 Å². The first kappa shape index (κ1) is 20.6. The van der Waals surface area contributed by atoms with Gasteiger partial charge in [-0.3, -0.25) is 9.59 Å². The summed E-state index contributed by atoms with van der Waals surface area (Å²) >= 11 is 0. The van der Waals surface area contributed by atoms with E-state index in [0.29, 0.717) is 6.42 Å². The molecule has 6 nitrogen and oxygen atoms in total. The van der Waals surface area contributed by atoms with E-state index in [9.17, 15) is 14.4 Å². The summed E-state index contributed by atoms with van der Waals surface area (Å²) in [6.45, 7) is 3.86. The van der Waals surface area contributed by atoms with E-state index < -0.39 is 30.5 Å². The number of hydrogen-bond acceptors (Lipinski definition) is 5. The van der Waals surface area contributed by atoms with Crippen molar-refractivity contribution < 1.29 is 23.9 Å². The number of amides is 1. The maximum Gasteiger partial charge on any atom is 0.328 e. The number of carbonyl (C=O) groups is 3. The van der Waals surface area contributed by atoms with Crippen molar-refractivity contribution in [1.82, 2.24) is 4.90 Å². The Morgan fingerprint density at radius 2 is 1.76 bits per heavy atom. The number of ether oxygens (including phenoxy) is 2. The van der Waals surface area contributed by atoms with Crippen molar-refractivity contribution in [3.05, 3.63) is 70.3 Å². The fourth-order valence-corrected chi connectivity index (χ4v) is 3.49. The van der Waals surface area contributed by atoms with Crippen molar-refractivity contribution >= 4 is 17.8 Å². The summed E-state index contributed by atoms with van der Waals surface area (Å²) in [5.41, 5.74) is 5.07. The van der Waals surface area contributed by atoms with Crippen molar-refractivity contribution in [2.75, 3.05) is 13.7 Å². The SMILES string of the molecule is COC(=O)[C@@H]1Cc2ccccc2CN1C(=O)COC(=O)Cc1ccc(C)c(C)c1. The first-order valence-corrected chi connectivity index (χ1v) is 9.55. The molecule has 0 aromatic heterocycles. The maximum atomic E-state index is 12.7. The van der Waals surface area contributed by atoms with E-state index in [4.69, 9.17) is 9.47 Å². The summed E-state index contributed by atoms with van der Waals surface area (Å²) in [7, 11) is 1.30. The van der Waals surface area contributed by atoms with Crippen LogP contribution in [0.1, 0.15) is 27.8 Å². The van der Waals surface area contributed by atoms with E-state index in [1.165, 1.54) is 12.0 Å². The molecule has 1 amide bonds. The quantitative estimate of drug-likeness (QED) is 0.728. The van der Waals surface area contributed by atoms with Gasteiger partial charge in [-0.15, -0.1) is 0 Å². The number of aryl methyl sites for hydroxylation is 2. The molecule has 2 aromatic rings. The molecule has 0 fully saturated rings. The van der Waals surface area contributed by atoms with Gasteiger partial charge < -0.3 is 14.4 Å². The molecular weight excluding hydrogens is 370 g/mol. The lowest BCUT2D eigenvalue weighted by atomic mass is 9.94. The predicted molar refractivity (Wildman–Crippen MR) is 107 cm³/mol. The van der Waals surface area contributed by atoms with Crippen molar-refractivity contribution in [3.8, 4) is 0 Å². The first-order chi connectivity index (χ1) is 13.9. The Morgan fingerprint density at radius 3 is 2.45 bits per heavy atom. The third-order valence-corrected chi connectivity index (χ3v) is 5.32. The average molecular weight is 395 g/mol. The lowest BCUT2D eigenvalue weighted by Crippen LogP contribution is -2.50. The van der Waals surface area contributed by atoms with Gasteiger partial charge in [-0.25, -0.2) is 4.79 Å². The van der Waals surface area contributed by atoms with Gasteiger partial charge >= 0.3 is 11.9 Å². The lowest BCUT2D eigenvalue weighted by Gasteiger charge is -2.35. The van der Waals surface area contributed by atoms with Gasteiger partial charge in [-0.2, -0.15) is 0 Å². The summed E-state index contributed by atoms with van der Waals surface area (Å²) in [4.78, 5) is 38.6. The molecule has 0 saturated heterocycles. The van der Waals surface area contributed by atoms with Crippen LogP contribution < -0.4 is 0 Å². The highest BCUT2D eigenvalue weighted by Gasteiger charge is 2.35. The molecule has 2 aromatic carbocycles. The van der Waals surface area contributed by atoms with Crippen LogP contribution in [-0.2, 0) is 43.2 Å². The fourth-order valence-electron chi connectivity index (χ4n) is 3.49. The number of hydrogen-bond donors (Lipinski definition) is 0. The highest BCUT2D eigenvalue weighted by Crippen LogP contribution is 2.24. The number of fused-ring (bicyclic) bond motifs is 1. The Bertz CT molecular complexity index is 937. The van der Waals surface area contributed by atoms with Crippen LogP contribution in [0, 0.1) is 13.8 Å². The summed E-state index contributed by atoms with van der Waals surface area (Å²) in [6.07, 6.45) is 0.475. The summed E-state index contributed by atoms with van der Waals surface area (Å²) in [5.74, 6) is -1.37. The molecular formula is C23H25NO5. The van der Waals surface area contributed by atoms with Gasteiger partial charge in [0.05, 0.1) is 13.5 Å². The standard InChI is InChI=1S/C23H25NO5/c1-15-8-9-17(10-16(15)2)11-22(26)29-14-21(25)24-13-19-7-5-4-6-18(19)12-20(24)23(27)28-3/h4-10,20H,11-14H2,1-3H3/t20-/m0/s1. The Balaban J connectivity index is 1.64. The van der Waals surface area contributed by atoms with E-state index in [1.807, 2.05) is 56.3 Å². The molecule has 3 rings (SSSR count). The topological polar surface area (TPSA) is 72.9 Å². The van der Waals surface area contributed by atoms with Crippen molar-refractivity contribution in [1.29, 1.82) is 0 Å². The van der Waals surface area contributed by atoms with E-state index >= 15 is 0 Å². The molecule has 29 heavy (non-hydrogen) atoms. The van der Waals surface area contributed by atoms with Gasteiger partial charge in [-0.05, 0) is 41.7 Å². The molecule has 6 heteroatoms. The first-order valence-electron chi connectivity index (χ1n) is 9.55. The van der Waals surface area contributed by atoms with Crippen LogP contribution in [0.5, 0.6) is 0 Å². The third kappa shape index (κ3) is 4.83. The van der Waals surface area contributed by atoms with Gasteiger partial charge in [0.15, 0.2) is 6.61 Å². The van der Waals surface area contributed by atoms with Crippen molar-refractivity contribution in [2.24, 2.45) is 0 Å². The van der Waals surface area contributed by atoms with Crippen LogP contribution in [0.2, 0.25) is 0 Å². The summed E-state index contributed by atoms with van der Waals surface area (Å²) in [5, 5.41) is 0. The number of esters is 2. The molecule has 0 saturated carbocycles. The summed E-state index contributed by atoms with van der Waals surface area (Å²) < 4.78 is 10.1. The Labute approximate surface area is 170 Å². The predicted octanol–water partition coefficient (Wildman–Crippen LogP) is 2.52. The zero-order valence-corrected chi connectivity index (χ0v) is 16.9. The number of nitrogens with zero attached hydrogens (tertiary/aromatic N) is 1. The second-order valence-corrected chi connectivity index (χ2v) is 7.29. The lowest BCUT2D eigenvalue weighted by molar-refractivity contribution is -0.159. The molecule has 1 heterocycles. The smallest absolute Gasteiger partial charge is 0.328 e. The molecule has 0 N–H and O–H groups in total. The van der Waals surface area contributed by atoms with Crippen LogP contribution in [0.15, 0.2) is 42.5 Å². The fraction of sp³-hybridized carbons (Fsp3) is 0.348. The third-order valence-electron chi connectivity index (χ3n) is 5.32. The van der Waals surface area contributed by atoms with Gasteiger partial charge in [0.2, 0.25) is 0 Å². The molecule has 0 aliphatic carbocycles. The van der Waals surface area contributed by atoms with Gasteiger partial charge in [0, 0.05) is 13.0 Å². The second-order valence-electron chi connectivity index (χ2n) is 7.29. The number of carbonyl (C=O) groups excluding carboxylic acids is 3. The van der Waals surface area contributed by atoms with E-state index in [-0.39, 0.29) is 13.0 Å². The van der Waals surface area contributed by atoms with Gasteiger partial charge in [0.1, 0.15) is 6.04 Å². The van der Waals surface area contributed by atoms with E-state index in [2.05, 4.69) is 0 Å². The Morgan fingerprint density at radius 1 is 1.03 bits per heavy atom. The highest BCUT2D eigenvalue weighted by atomic mass is 16.5. The van der Waals surface area contributed by atoms with Crippen molar-refractivity contribution in [2.45, 2.75) is 39.3 Å². The minimum absolute atomic E-state index is 0.0949. The van der Waals surface area contributed by atoms with Crippen LogP contribution in [-0.4, -0.2) is 42.5 Å². The molecule has 1 aliphatic rings. The normalized spacial score (nSPS) is 15.4. The van der Waals surface area contributed by atoms with Crippen LogP contribution in [0.3, 0.4) is 0 Å². The zero-order valence-electron chi connectivity index (χ0n) is 16.9. The molecule has 0 radical (unpaired) electrons. The van der Waals surface area contributed by atoms with Crippen LogP contribution >= 0.6 is 0 Å².